The molecule has 0 unspecified atom stereocenters. The molecule has 0 spiro atoms. The highest BCUT2D eigenvalue weighted by molar-refractivity contribution is 6.52. The lowest BCUT2D eigenvalue weighted by Crippen LogP contribution is -2.34. The summed E-state index contributed by atoms with van der Waals surface area (Å²) in [6.07, 6.45) is 1.21. The maximum absolute atomic E-state index is 10.4. The van der Waals surface area contributed by atoms with E-state index in [-0.39, 0.29) is 11.3 Å². The third-order valence-electron chi connectivity index (χ3n) is 1.08. The first-order chi connectivity index (χ1) is 4.63. The zero-order valence-electron chi connectivity index (χ0n) is 5.00. The predicted octanol–water partition coefficient (Wildman–Crippen LogP) is -1.70. The van der Waals surface area contributed by atoms with Gasteiger partial charge in [-0.3, -0.25) is 9.59 Å². The highest BCUT2D eigenvalue weighted by Gasteiger charge is 2.23. The SMILES string of the molecule is NC(=O)C1=CN=C1C(N)=O. The van der Waals surface area contributed by atoms with Crippen molar-refractivity contribution in [3.8, 4) is 0 Å². The van der Waals surface area contributed by atoms with Crippen LogP contribution in [0.5, 0.6) is 0 Å². The Morgan fingerprint density at radius 2 is 1.90 bits per heavy atom. The van der Waals surface area contributed by atoms with Gasteiger partial charge in [-0.15, -0.1) is 0 Å². The average molecular weight is 139 g/mol. The maximum Gasteiger partial charge on any atom is 0.268 e. The van der Waals surface area contributed by atoms with E-state index < -0.39 is 11.8 Å². The number of hydrogen-bond acceptors (Lipinski definition) is 3. The summed E-state index contributed by atoms with van der Waals surface area (Å²) in [7, 11) is 0. The highest BCUT2D eigenvalue weighted by Crippen LogP contribution is 2.07. The van der Waals surface area contributed by atoms with Crippen LogP contribution in [0.3, 0.4) is 0 Å². The van der Waals surface area contributed by atoms with Crippen molar-refractivity contribution in [2.45, 2.75) is 0 Å². The van der Waals surface area contributed by atoms with Gasteiger partial charge in [0.25, 0.3) is 11.8 Å². The van der Waals surface area contributed by atoms with Gasteiger partial charge in [0.2, 0.25) is 0 Å². The summed E-state index contributed by atoms with van der Waals surface area (Å²) in [5.41, 5.74) is 9.71. The predicted molar refractivity (Wildman–Crippen MR) is 33.9 cm³/mol. The van der Waals surface area contributed by atoms with Gasteiger partial charge in [-0.1, -0.05) is 0 Å². The van der Waals surface area contributed by atoms with Crippen molar-refractivity contribution >= 4 is 17.5 Å². The summed E-state index contributed by atoms with van der Waals surface area (Å²) < 4.78 is 0. The van der Waals surface area contributed by atoms with Crippen LogP contribution >= 0.6 is 0 Å². The Bertz CT molecular complexity index is 236. The lowest BCUT2D eigenvalue weighted by Gasteiger charge is -2.08. The Kier molecular flexibility index (Phi) is 1.26. The van der Waals surface area contributed by atoms with Crippen LogP contribution < -0.4 is 11.5 Å². The Morgan fingerprint density at radius 3 is 2.00 bits per heavy atom. The summed E-state index contributed by atoms with van der Waals surface area (Å²) in [5, 5.41) is 0. The molecular weight excluding hydrogens is 134 g/mol. The van der Waals surface area contributed by atoms with Crippen LogP contribution in [0.15, 0.2) is 16.8 Å². The topological polar surface area (TPSA) is 98.5 Å². The molecule has 2 amide bonds. The quantitative estimate of drug-likeness (QED) is 0.476. The normalized spacial score (nSPS) is 14.8. The number of carbonyl (C=O) groups excluding carboxylic acids is 2. The van der Waals surface area contributed by atoms with Crippen molar-refractivity contribution in [2.75, 3.05) is 0 Å². The second-order valence-electron chi connectivity index (χ2n) is 1.75. The van der Waals surface area contributed by atoms with Crippen molar-refractivity contribution < 1.29 is 9.59 Å². The van der Waals surface area contributed by atoms with Gasteiger partial charge in [-0.05, 0) is 0 Å². The second kappa shape index (κ2) is 1.94. The molecule has 0 aliphatic carbocycles. The van der Waals surface area contributed by atoms with Crippen LogP contribution in [-0.2, 0) is 9.59 Å². The van der Waals surface area contributed by atoms with E-state index in [9.17, 15) is 9.59 Å². The van der Waals surface area contributed by atoms with Gasteiger partial charge in [0.1, 0.15) is 5.71 Å². The number of primary amides is 2. The molecule has 4 N–H and O–H groups in total. The van der Waals surface area contributed by atoms with E-state index in [1.165, 1.54) is 6.20 Å². The number of hydrogen-bond donors (Lipinski definition) is 2. The minimum absolute atomic E-state index is 0.0347. The number of aliphatic imine (C=N–C) groups is 1. The molecule has 0 fully saturated rings. The first kappa shape index (κ1) is 6.47. The van der Waals surface area contributed by atoms with Crippen LogP contribution in [0.4, 0.5) is 0 Å². The Balaban J connectivity index is 2.73. The van der Waals surface area contributed by atoms with Crippen LogP contribution in [-0.4, -0.2) is 17.5 Å². The summed E-state index contributed by atoms with van der Waals surface area (Å²) >= 11 is 0. The number of nitrogens with two attached hydrogens (primary N) is 2. The van der Waals surface area contributed by atoms with E-state index in [4.69, 9.17) is 11.5 Å². The first-order valence-electron chi connectivity index (χ1n) is 2.51. The second-order valence-corrected chi connectivity index (χ2v) is 1.75. The smallest absolute Gasteiger partial charge is 0.268 e. The van der Waals surface area contributed by atoms with Gasteiger partial charge >= 0.3 is 0 Å². The van der Waals surface area contributed by atoms with Crippen molar-refractivity contribution in [3.63, 3.8) is 0 Å². The molecule has 1 heterocycles. The van der Waals surface area contributed by atoms with Gasteiger partial charge < -0.3 is 11.5 Å². The van der Waals surface area contributed by atoms with Crippen LogP contribution in [0, 0.1) is 0 Å². The van der Waals surface area contributed by atoms with Gasteiger partial charge in [0, 0.05) is 6.20 Å². The monoisotopic (exact) mass is 139 g/mol. The van der Waals surface area contributed by atoms with E-state index in [1.54, 1.807) is 0 Å². The Labute approximate surface area is 56.4 Å². The molecular formula is C5H5N3O2. The van der Waals surface area contributed by atoms with E-state index >= 15 is 0 Å². The zero-order valence-corrected chi connectivity index (χ0v) is 5.00. The first-order valence-corrected chi connectivity index (χ1v) is 2.51. The summed E-state index contributed by atoms with van der Waals surface area (Å²) in [6.45, 7) is 0. The molecule has 0 saturated carbocycles. The molecule has 1 rings (SSSR count). The molecule has 1 aliphatic heterocycles. The van der Waals surface area contributed by atoms with E-state index in [2.05, 4.69) is 4.99 Å². The molecule has 5 nitrogen and oxygen atoms in total. The fourth-order valence-corrected chi connectivity index (χ4v) is 0.570. The molecule has 10 heavy (non-hydrogen) atoms. The van der Waals surface area contributed by atoms with E-state index in [1.807, 2.05) is 0 Å². The highest BCUT2D eigenvalue weighted by atomic mass is 16.2. The standard InChI is InChI=1S/C5H5N3O2/c6-4(9)2-1-8-3(2)5(7)10/h1H,(H2,6,9)(H2,7,10). The van der Waals surface area contributed by atoms with Crippen LogP contribution in [0.1, 0.15) is 0 Å². The Morgan fingerprint density at radius 1 is 1.30 bits per heavy atom. The largest absolute Gasteiger partial charge is 0.365 e. The van der Waals surface area contributed by atoms with Gasteiger partial charge in [0.15, 0.2) is 0 Å². The lowest BCUT2D eigenvalue weighted by atomic mass is 10.1. The third-order valence-corrected chi connectivity index (χ3v) is 1.08. The molecule has 0 bridgehead atoms. The summed E-state index contributed by atoms with van der Waals surface area (Å²) in [5.74, 6) is -1.40. The molecule has 0 atom stereocenters. The number of rotatable bonds is 2. The van der Waals surface area contributed by atoms with Gasteiger partial charge in [0.05, 0.1) is 5.57 Å². The van der Waals surface area contributed by atoms with Crippen molar-refractivity contribution in [3.05, 3.63) is 11.8 Å². The van der Waals surface area contributed by atoms with E-state index in [0.717, 1.165) is 0 Å². The number of nitrogens with zero attached hydrogens (tertiary/aromatic N) is 1. The fraction of sp³-hybridized carbons (Fsp3) is 0. The van der Waals surface area contributed by atoms with Gasteiger partial charge in [-0.2, -0.15) is 0 Å². The third kappa shape index (κ3) is 0.771. The van der Waals surface area contributed by atoms with E-state index in [0.29, 0.717) is 0 Å². The fourth-order valence-electron chi connectivity index (χ4n) is 0.570. The number of amides is 2. The number of carbonyl (C=O) groups is 2. The molecule has 52 valence electrons. The lowest BCUT2D eigenvalue weighted by molar-refractivity contribution is -0.115. The minimum atomic E-state index is -0.726. The molecule has 1 aliphatic rings. The van der Waals surface area contributed by atoms with Crippen LogP contribution in [0.2, 0.25) is 0 Å². The van der Waals surface area contributed by atoms with Crippen molar-refractivity contribution in [1.29, 1.82) is 0 Å². The van der Waals surface area contributed by atoms with Gasteiger partial charge in [-0.25, -0.2) is 4.99 Å². The maximum atomic E-state index is 10.4. The zero-order chi connectivity index (χ0) is 7.72. The van der Waals surface area contributed by atoms with Crippen molar-refractivity contribution in [1.82, 2.24) is 0 Å². The summed E-state index contributed by atoms with van der Waals surface area (Å²) in [6, 6.07) is 0. The molecule has 5 heteroatoms. The molecule has 0 aromatic carbocycles. The molecule has 0 saturated heterocycles. The summed E-state index contributed by atoms with van der Waals surface area (Å²) in [4.78, 5) is 24.2. The van der Waals surface area contributed by atoms with Crippen LogP contribution in [0.25, 0.3) is 0 Å². The minimum Gasteiger partial charge on any atom is -0.365 e. The molecule has 0 aromatic heterocycles. The average Bonchev–Trinajstić information content (AvgIpc) is 1.56. The van der Waals surface area contributed by atoms with Crippen molar-refractivity contribution in [2.24, 2.45) is 16.5 Å². The molecule has 0 aromatic rings. The Hall–Kier alpha value is -1.65. The molecule has 0 radical (unpaired) electrons.